The summed E-state index contributed by atoms with van der Waals surface area (Å²) in [7, 11) is 0. The lowest BCUT2D eigenvalue weighted by molar-refractivity contribution is 0.0931. The molecule has 0 spiro atoms. The van der Waals surface area contributed by atoms with Crippen molar-refractivity contribution in [1.82, 2.24) is 15.0 Å². The van der Waals surface area contributed by atoms with Crippen LogP contribution in [0, 0.1) is 0 Å². The fourth-order valence-electron chi connectivity index (χ4n) is 3.45. The van der Waals surface area contributed by atoms with Gasteiger partial charge in [-0.1, -0.05) is 0 Å². The SMILES string of the molecule is O=C(NC1CC2CCC1N2)c1ccn2cc(Br)cc2c1. The molecular weight excluding hydrogens is 318 g/mol. The minimum Gasteiger partial charge on any atom is -0.348 e. The number of halogens is 1. The van der Waals surface area contributed by atoms with Gasteiger partial charge in [-0.3, -0.25) is 4.79 Å². The second-order valence-corrected chi connectivity index (χ2v) is 6.68. The van der Waals surface area contributed by atoms with Crippen LogP contribution in [-0.2, 0) is 0 Å². The number of amides is 1. The average Bonchev–Trinajstić information content (AvgIpc) is 3.10. The fourth-order valence-corrected chi connectivity index (χ4v) is 3.91. The highest BCUT2D eigenvalue weighted by Gasteiger charge is 2.39. The molecule has 4 nitrogen and oxygen atoms in total. The number of carbonyl (C=O) groups is 1. The van der Waals surface area contributed by atoms with Crippen molar-refractivity contribution >= 4 is 27.4 Å². The van der Waals surface area contributed by atoms with Crippen molar-refractivity contribution in [1.29, 1.82) is 0 Å². The largest absolute Gasteiger partial charge is 0.348 e. The predicted molar refractivity (Wildman–Crippen MR) is 80.9 cm³/mol. The molecule has 0 aliphatic carbocycles. The van der Waals surface area contributed by atoms with E-state index in [1.807, 2.05) is 35.0 Å². The monoisotopic (exact) mass is 333 g/mol. The van der Waals surface area contributed by atoms with Crippen LogP contribution in [0.3, 0.4) is 0 Å². The molecule has 0 saturated carbocycles. The van der Waals surface area contributed by atoms with Gasteiger partial charge in [0, 0.05) is 46.1 Å². The first kappa shape index (κ1) is 12.4. The molecular formula is C15H16BrN3O. The smallest absolute Gasteiger partial charge is 0.251 e. The summed E-state index contributed by atoms with van der Waals surface area (Å²) in [6.45, 7) is 0. The van der Waals surface area contributed by atoms with Crippen molar-refractivity contribution in [2.45, 2.75) is 37.4 Å². The number of hydrogen-bond acceptors (Lipinski definition) is 2. The van der Waals surface area contributed by atoms with Crippen LogP contribution >= 0.6 is 15.9 Å². The predicted octanol–water partition coefficient (Wildman–Crippen LogP) is 2.32. The average molecular weight is 334 g/mol. The molecule has 0 radical (unpaired) electrons. The van der Waals surface area contributed by atoms with E-state index in [9.17, 15) is 4.79 Å². The molecule has 2 aromatic rings. The first-order valence-electron chi connectivity index (χ1n) is 7.03. The van der Waals surface area contributed by atoms with Crippen molar-refractivity contribution in [3.8, 4) is 0 Å². The van der Waals surface area contributed by atoms with Gasteiger partial charge in [-0.15, -0.1) is 0 Å². The first-order valence-corrected chi connectivity index (χ1v) is 7.82. The van der Waals surface area contributed by atoms with Crippen LogP contribution < -0.4 is 10.6 Å². The van der Waals surface area contributed by atoms with Crippen molar-refractivity contribution in [3.05, 3.63) is 40.6 Å². The van der Waals surface area contributed by atoms with Gasteiger partial charge < -0.3 is 15.0 Å². The normalized spacial score (nSPS) is 28.1. The summed E-state index contributed by atoms with van der Waals surface area (Å²) >= 11 is 3.45. The Morgan fingerprint density at radius 3 is 3.05 bits per heavy atom. The lowest BCUT2D eigenvalue weighted by Gasteiger charge is -2.21. The van der Waals surface area contributed by atoms with Crippen LogP contribution in [0.2, 0.25) is 0 Å². The lowest BCUT2D eigenvalue weighted by Crippen LogP contribution is -2.42. The molecule has 2 aliphatic heterocycles. The summed E-state index contributed by atoms with van der Waals surface area (Å²) < 4.78 is 3.02. The molecule has 20 heavy (non-hydrogen) atoms. The standard InChI is InChI=1S/C15H16BrN3O/c16-10-6-12-5-9(3-4-19(12)8-10)15(20)18-14-7-11-1-2-13(14)17-11/h3-6,8,11,13-14,17H,1-2,7H2,(H,18,20). The zero-order valence-electron chi connectivity index (χ0n) is 11.0. The molecule has 4 rings (SSSR count). The Balaban J connectivity index is 1.54. The van der Waals surface area contributed by atoms with E-state index in [-0.39, 0.29) is 11.9 Å². The number of carbonyl (C=O) groups excluding carboxylic acids is 1. The van der Waals surface area contributed by atoms with Crippen LogP contribution in [0.25, 0.3) is 5.52 Å². The molecule has 2 saturated heterocycles. The third-order valence-electron chi connectivity index (χ3n) is 4.44. The molecule has 4 heterocycles. The number of fused-ring (bicyclic) bond motifs is 3. The van der Waals surface area contributed by atoms with Gasteiger partial charge in [-0.25, -0.2) is 0 Å². The summed E-state index contributed by atoms with van der Waals surface area (Å²) in [5.74, 6) is 0.0316. The minimum atomic E-state index is 0.0316. The third kappa shape index (κ3) is 2.05. The second-order valence-electron chi connectivity index (χ2n) is 5.77. The molecule has 2 aliphatic rings. The summed E-state index contributed by atoms with van der Waals surface area (Å²) in [6.07, 6.45) is 7.40. The van der Waals surface area contributed by atoms with Gasteiger partial charge in [0.1, 0.15) is 0 Å². The van der Waals surface area contributed by atoms with Crippen LogP contribution in [0.15, 0.2) is 35.1 Å². The van der Waals surface area contributed by atoms with E-state index in [1.165, 1.54) is 12.8 Å². The molecule has 104 valence electrons. The number of rotatable bonds is 2. The van der Waals surface area contributed by atoms with E-state index >= 15 is 0 Å². The number of hydrogen-bond donors (Lipinski definition) is 2. The fraction of sp³-hybridized carbons (Fsp3) is 0.400. The lowest BCUT2D eigenvalue weighted by atomic mass is 9.95. The molecule has 5 heteroatoms. The summed E-state index contributed by atoms with van der Waals surface area (Å²) in [6, 6.07) is 7.17. The quantitative estimate of drug-likeness (QED) is 0.885. The molecule has 3 atom stereocenters. The Morgan fingerprint density at radius 2 is 2.30 bits per heavy atom. The van der Waals surface area contributed by atoms with Gasteiger partial charge >= 0.3 is 0 Å². The van der Waals surface area contributed by atoms with Gasteiger partial charge in [0.15, 0.2) is 0 Å². The number of aromatic nitrogens is 1. The Labute approximate surface area is 125 Å². The van der Waals surface area contributed by atoms with Crippen molar-refractivity contribution in [2.75, 3.05) is 0 Å². The second kappa shape index (κ2) is 4.60. The number of nitrogens with zero attached hydrogens (tertiary/aromatic N) is 1. The van der Waals surface area contributed by atoms with Gasteiger partial charge in [0.05, 0.1) is 0 Å². The van der Waals surface area contributed by atoms with E-state index in [1.54, 1.807) is 0 Å². The van der Waals surface area contributed by atoms with Crippen molar-refractivity contribution in [3.63, 3.8) is 0 Å². The zero-order valence-corrected chi connectivity index (χ0v) is 12.6. The number of pyridine rings is 1. The Hall–Kier alpha value is -1.33. The molecule has 1 amide bonds. The summed E-state index contributed by atoms with van der Waals surface area (Å²) in [5.41, 5.74) is 1.75. The van der Waals surface area contributed by atoms with E-state index in [0.717, 1.165) is 22.0 Å². The van der Waals surface area contributed by atoms with Crippen LogP contribution in [-0.4, -0.2) is 28.4 Å². The van der Waals surface area contributed by atoms with Gasteiger partial charge in [0.2, 0.25) is 0 Å². The summed E-state index contributed by atoms with van der Waals surface area (Å²) in [4.78, 5) is 12.4. The van der Waals surface area contributed by atoms with Gasteiger partial charge in [-0.05, 0) is 53.4 Å². The van der Waals surface area contributed by atoms with E-state index in [2.05, 4.69) is 26.6 Å². The van der Waals surface area contributed by atoms with E-state index in [4.69, 9.17) is 0 Å². The van der Waals surface area contributed by atoms with Crippen LogP contribution in [0.1, 0.15) is 29.6 Å². The molecule has 2 aromatic heterocycles. The van der Waals surface area contributed by atoms with Crippen LogP contribution in [0.5, 0.6) is 0 Å². The van der Waals surface area contributed by atoms with E-state index in [0.29, 0.717) is 12.1 Å². The molecule has 2 N–H and O–H groups in total. The Morgan fingerprint density at radius 1 is 1.40 bits per heavy atom. The van der Waals surface area contributed by atoms with Crippen molar-refractivity contribution < 1.29 is 4.79 Å². The zero-order chi connectivity index (χ0) is 13.7. The maximum Gasteiger partial charge on any atom is 0.251 e. The molecule has 0 aromatic carbocycles. The van der Waals surface area contributed by atoms with E-state index < -0.39 is 0 Å². The Kier molecular flexibility index (Phi) is 2.86. The minimum absolute atomic E-state index is 0.0316. The Bertz CT molecular complexity index is 681. The molecule has 2 bridgehead atoms. The first-order chi connectivity index (χ1) is 9.69. The topological polar surface area (TPSA) is 45.5 Å². The van der Waals surface area contributed by atoms with Gasteiger partial charge in [0.25, 0.3) is 5.91 Å². The highest BCUT2D eigenvalue weighted by Crippen LogP contribution is 2.28. The number of nitrogens with one attached hydrogen (secondary N) is 2. The highest BCUT2D eigenvalue weighted by molar-refractivity contribution is 9.10. The molecule has 3 unspecified atom stereocenters. The molecule has 2 fully saturated rings. The summed E-state index contributed by atoms with van der Waals surface area (Å²) in [5, 5.41) is 6.72. The van der Waals surface area contributed by atoms with Gasteiger partial charge in [-0.2, -0.15) is 0 Å². The van der Waals surface area contributed by atoms with Crippen LogP contribution in [0.4, 0.5) is 0 Å². The maximum atomic E-state index is 12.4. The van der Waals surface area contributed by atoms with Crippen molar-refractivity contribution in [2.24, 2.45) is 0 Å². The highest BCUT2D eigenvalue weighted by atomic mass is 79.9. The third-order valence-corrected chi connectivity index (χ3v) is 4.88. The maximum absolute atomic E-state index is 12.4.